The minimum atomic E-state index is -0.443. The number of aromatic nitrogens is 3. The van der Waals surface area contributed by atoms with Crippen LogP contribution < -0.4 is 10.2 Å². The van der Waals surface area contributed by atoms with E-state index in [1.54, 1.807) is 48.5 Å². The molecule has 0 saturated heterocycles. The third-order valence-electron chi connectivity index (χ3n) is 4.72. The highest BCUT2D eigenvalue weighted by Crippen LogP contribution is 2.21. The van der Waals surface area contributed by atoms with Crippen molar-refractivity contribution in [2.45, 2.75) is 12.1 Å². The van der Waals surface area contributed by atoms with Gasteiger partial charge in [0.15, 0.2) is 5.16 Å². The Morgan fingerprint density at radius 3 is 2.46 bits per heavy atom. The SMILES string of the molecule is Cc1nnc(SCC(=O)N/N=C/c2ccc(OC(=O)c3ccc(Br)cc3)cc2)n1-c1ccccc1. The molecule has 0 saturated carbocycles. The van der Waals surface area contributed by atoms with E-state index in [2.05, 4.69) is 36.7 Å². The maximum absolute atomic E-state index is 12.2. The molecule has 0 aliphatic carbocycles. The van der Waals surface area contributed by atoms with E-state index in [0.29, 0.717) is 16.5 Å². The van der Waals surface area contributed by atoms with Crippen LogP contribution in [0.2, 0.25) is 0 Å². The Labute approximate surface area is 214 Å². The predicted molar refractivity (Wildman–Crippen MR) is 138 cm³/mol. The second-order valence-corrected chi connectivity index (χ2v) is 9.11. The molecule has 4 rings (SSSR count). The number of benzene rings is 3. The highest BCUT2D eigenvalue weighted by atomic mass is 79.9. The van der Waals surface area contributed by atoms with Crippen molar-refractivity contribution in [3.8, 4) is 11.4 Å². The number of ether oxygens (including phenoxy) is 1. The largest absolute Gasteiger partial charge is 0.423 e. The summed E-state index contributed by atoms with van der Waals surface area (Å²) in [4.78, 5) is 24.4. The van der Waals surface area contributed by atoms with Crippen LogP contribution in [0.5, 0.6) is 5.75 Å². The van der Waals surface area contributed by atoms with E-state index in [-0.39, 0.29) is 11.7 Å². The van der Waals surface area contributed by atoms with Gasteiger partial charge in [-0.1, -0.05) is 45.9 Å². The number of rotatable bonds is 8. The predicted octanol–water partition coefficient (Wildman–Crippen LogP) is 4.80. The summed E-state index contributed by atoms with van der Waals surface area (Å²) >= 11 is 4.61. The molecular formula is C25H20BrN5O3S. The molecule has 0 aliphatic heterocycles. The smallest absolute Gasteiger partial charge is 0.343 e. The van der Waals surface area contributed by atoms with Gasteiger partial charge < -0.3 is 4.74 Å². The van der Waals surface area contributed by atoms with Crippen LogP contribution in [0.4, 0.5) is 0 Å². The molecule has 0 atom stereocenters. The van der Waals surface area contributed by atoms with Gasteiger partial charge in [-0.25, -0.2) is 10.2 Å². The van der Waals surface area contributed by atoms with Crippen molar-refractivity contribution >= 4 is 45.8 Å². The van der Waals surface area contributed by atoms with Crippen molar-refractivity contribution in [1.82, 2.24) is 20.2 Å². The van der Waals surface area contributed by atoms with E-state index >= 15 is 0 Å². The monoisotopic (exact) mass is 549 g/mol. The fourth-order valence-corrected chi connectivity index (χ4v) is 4.08. The van der Waals surface area contributed by atoms with Gasteiger partial charge in [-0.2, -0.15) is 5.10 Å². The molecule has 0 fully saturated rings. The van der Waals surface area contributed by atoms with Gasteiger partial charge in [0.1, 0.15) is 11.6 Å². The van der Waals surface area contributed by atoms with Crippen LogP contribution in [0.3, 0.4) is 0 Å². The molecule has 0 radical (unpaired) electrons. The number of carbonyl (C=O) groups excluding carboxylic acids is 2. The highest BCUT2D eigenvalue weighted by Gasteiger charge is 2.13. The Bertz CT molecular complexity index is 1340. The van der Waals surface area contributed by atoms with Gasteiger partial charge in [-0.15, -0.1) is 10.2 Å². The minimum Gasteiger partial charge on any atom is -0.423 e. The standard InChI is InChI=1S/C25H20BrN5O3S/c1-17-28-30-25(31(17)21-5-3-2-4-6-21)35-16-23(32)29-27-15-18-7-13-22(14-8-18)34-24(33)19-9-11-20(26)12-10-19/h2-15H,16H2,1H3,(H,29,32)/b27-15+. The maximum atomic E-state index is 12.2. The number of halogens is 1. The zero-order chi connectivity index (χ0) is 24.6. The van der Waals surface area contributed by atoms with Gasteiger partial charge in [0.05, 0.1) is 17.5 Å². The number of thioether (sulfide) groups is 1. The lowest BCUT2D eigenvalue weighted by Crippen LogP contribution is -2.20. The van der Waals surface area contributed by atoms with Gasteiger partial charge in [0.25, 0.3) is 5.91 Å². The summed E-state index contributed by atoms with van der Waals surface area (Å²) < 4.78 is 8.15. The van der Waals surface area contributed by atoms with E-state index < -0.39 is 5.97 Å². The number of amides is 1. The van der Waals surface area contributed by atoms with Crippen molar-refractivity contribution in [1.29, 1.82) is 0 Å². The van der Waals surface area contributed by atoms with Crippen molar-refractivity contribution < 1.29 is 14.3 Å². The van der Waals surface area contributed by atoms with Crippen LogP contribution in [-0.4, -0.2) is 38.6 Å². The number of para-hydroxylation sites is 1. The zero-order valence-electron chi connectivity index (χ0n) is 18.6. The first-order chi connectivity index (χ1) is 17.0. The normalized spacial score (nSPS) is 10.9. The summed E-state index contributed by atoms with van der Waals surface area (Å²) in [5.41, 5.74) is 4.63. The number of hydrogen-bond donors (Lipinski definition) is 1. The first-order valence-corrected chi connectivity index (χ1v) is 12.3. The zero-order valence-corrected chi connectivity index (χ0v) is 21.0. The lowest BCUT2D eigenvalue weighted by Gasteiger charge is -2.07. The van der Waals surface area contributed by atoms with Crippen LogP contribution in [0.25, 0.3) is 5.69 Å². The number of aryl methyl sites for hydroxylation is 1. The summed E-state index contributed by atoms with van der Waals surface area (Å²) in [5.74, 6) is 0.567. The first kappa shape index (κ1) is 24.4. The average Bonchev–Trinajstić information content (AvgIpc) is 3.25. The van der Waals surface area contributed by atoms with Crippen LogP contribution in [0, 0.1) is 6.92 Å². The van der Waals surface area contributed by atoms with Gasteiger partial charge >= 0.3 is 5.97 Å². The maximum Gasteiger partial charge on any atom is 0.343 e. The molecule has 0 spiro atoms. The van der Waals surface area contributed by atoms with Crippen LogP contribution in [-0.2, 0) is 4.79 Å². The molecule has 35 heavy (non-hydrogen) atoms. The summed E-state index contributed by atoms with van der Waals surface area (Å²) in [7, 11) is 0. The molecule has 8 nitrogen and oxygen atoms in total. The number of hydrogen-bond acceptors (Lipinski definition) is 7. The van der Waals surface area contributed by atoms with Crippen LogP contribution >= 0.6 is 27.7 Å². The molecule has 10 heteroatoms. The van der Waals surface area contributed by atoms with E-state index in [4.69, 9.17) is 4.74 Å². The van der Waals surface area contributed by atoms with Gasteiger partial charge in [0.2, 0.25) is 0 Å². The molecule has 1 amide bonds. The Morgan fingerprint density at radius 2 is 1.74 bits per heavy atom. The molecule has 0 unspecified atom stereocenters. The van der Waals surface area contributed by atoms with E-state index in [1.807, 2.05) is 41.8 Å². The fraction of sp³-hybridized carbons (Fsp3) is 0.0800. The third kappa shape index (κ3) is 6.65. The Morgan fingerprint density at radius 1 is 1.03 bits per heavy atom. The fourth-order valence-electron chi connectivity index (χ4n) is 3.03. The van der Waals surface area contributed by atoms with Crippen molar-refractivity contribution in [3.63, 3.8) is 0 Å². The molecule has 3 aromatic carbocycles. The summed E-state index contributed by atoms with van der Waals surface area (Å²) in [5, 5.41) is 12.9. The summed E-state index contributed by atoms with van der Waals surface area (Å²) in [6, 6.07) is 23.4. The van der Waals surface area contributed by atoms with Crippen LogP contribution in [0.1, 0.15) is 21.7 Å². The molecule has 1 aromatic heterocycles. The van der Waals surface area contributed by atoms with Crippen molar-refractivity contribution in [2.75, 3.05) is 5.75 Å². The van der Waals surface area contributed by atoms with Gasteiger partial charge in [0, 0.05) is 10.2 Å². The Balaban J connectivity index is 1.27. The lowest BCUT2D eigenvalue weighted by atomic mass is 10.2. The molecule has 0 aliphatic rings. The quantitative estimate of drug-likeness (QED) is 0.111. The number of esters is 1. The number of nitrogens with one attached hydrogen (secondary N) is 1. The molecule has 176 valence electrons. The van der Waals surface area contributed by atoms with Gasteiger partial charge in [-0.05, 0) is 73.2 Å². The first-order valence-electron chi connectivity index (χ1n) is 10.5. The van der Waals surface area contributed by atoms with E-state index in [1.165, 1.54) is 18.0 Å². The van der Waals surface area contributed by atoms with Crippen molar-refractivity contribution in [2.24, 2.45) is 5.10 Å². The molecular weight excluding hydrogens is 530 g/mol. The average molecular weight is 550 g/mol. The Hall–Kier alpha value is -3.76. The number of carbonyl (C=O) groups is 2. The highest BCUT2D eigenvalue weighted by molar-refractivity contribution is 9.10. The number of nitrogens with zero attached hydrogens (tertiary/aromatic N) is 4. The summed E-state index contributed by atoms with van der Waals surface area (Å²) in [6.45, 7) is 1.86. The molecule has 4 aromatic rings. The van der Waals surface area contributed by atoms with E-state index in [9.17, 15) is 9.59 Å². The molecule has 0 bridgehead atoms. The molecule has 1 heterocycles. The minimum absolute atomic E-state index is 0.132. The lowest BCUT2D eigenvalue weighted by molar-refractivity contribution is -0.118. The second kappa shape index (κ2) is 11.6. The van der Waals surface area contributed by atoms with Crippen molar-refractivity contribution in [3.05, 3.63) is 100 Å². The van der Waals surface area contributed by atoms with Crippen LogP contribution in [0.15, 0.2) is 93.6 Å². The summed E-state index contributed by atoms with van der Waals surface area (Å²) in [6.07, 6.45) is 1.51. The Kier molecular flexibility index (Phi) is 8.07. The van der Waals surface area contributed by atoms with Gasteiger partial charge in [-0.3, -0.25) is 9.36 Å². The second-order valence-electron chi connectivity index (χ2n) is 7.25. The molecule has 1 N–H and O–H groups in total. The third-order valence-corrected chi connectivity index (χ3v) is 6.17. The topological polar surface area (TPSA) is 98.5 Å². The van der Waals surface area contributed by atoms with E-state index in [0.717, 1.165) is 21.5 Å². The number of hydrazone groups is 1.